The van der Waals surface area contributed by atoms with E-state index in [0.29, 0.717) is 16.8 Å². The van der Waals surface area contributed by atoms with E-state index in [9.17, 15) is 9.59 Å². The molecule has 28 heavy (non-hydrogen) atoms. The summed E-state index contributed by atoms with van der Waals surface area (Å²) in [6, 6.07) is 26.1. The minimum atomic E-state index is -0.992. The molecule has 0 heterocycles. The molecule has 0 spiro atoms. The second-order valence-electron chi connectivity index (χ2n) is 6.63. The molecule has 1 aliphatic carbocycles. The van der Waals surface area contributed by atoms with Gasteiger partial charge < -0.3 is 0 Å². The number of fused-ring (bicyclic) bond motifs is 1. The van der Waals surface area contributed by atoms with E-state index in [4.69, 9.17) is 0 Å². The molecule has 4 rings (SSSR count). The summed E-state index contributed by atoms with van der Waals surface area (Å²) in [6.07, 6.45) is 0. The number of hydrogen-bond donors (Lipinski definition) is 0. The van der Waals surface area contributed by atoms with Crippen LogP contribution in [0.1, 0.15) is 33.0 Å². The summed E-state index contributed by atoms with van der Waals surface area (Å²) in [5, 5.41) is 7.70. The van der Waals surface area contributed by atoms with Gasteiger partial charge in [0, 0.05) is 17.8 Å². The van der Waals surface area contributed by atoms with Crippen LogP contribution in [0.3, 0.4) is 0 Å². The average Bonchev–Trinajstić information content (AvgIpc) is 3.02. The van der Waals surface area contributed by atoms with E-state index in [0.717, 1.165) is 11.1 Å². The van der Waals surface area contributed by atoms with E-state index in [1.165, 1.54) is 0 Å². The van der Waals surface area contributed by atoms with Crippen molar-refractivity contribution < 1.29 is 9.59 Å². The van der Waals surface area contributed by atoms with Crippen molar-refractivity contribution >= 4 is 24.0 Å². The first kappa shape index (κ1) is 17.7. The van der Waals surface area contributed by atoms with E-state index in [1.807, 2.05) is 66.7 Å². The van der Waals surface area contributed by atoms with E-state index in [1.54, 1.807) is 18.2 Å². The number of hydrogen-bond acceptors (Lipinski definition) is 4. The highest BCUT2D eigenvalue weighted by Crippen LogP contribution is 2.35. The summed E-state index contributed by atoms with van der Waals surface area (Å²) in [5.41, 5.74) is 3.21. The third-order valence-electron chi connectivity index (χ3n) is 5.02. The Kier molecular flexibility index (Phi) is 4.77. The Morgan fingerprint density at radius 2 is 1.29 bits per heavy atom. The van der Waals surface area contributed by atoms with Gasteiger partial charge in [0.2, 0.25) is 0 Å². The van der Waals surface area contributed by atoms with Gasteiger partial charge in [0.1, 0.15) is 5.92 Å². The van der Waals surface area contributed by atoms with Crippen LogP contribution in [0.25, 0.3) is 0 Å². The highest BCUT2D eigenvalue weighted by Gasteiger charge is 2.44. The molecule has 0 amide bonds. The lowest BCUT2D eigenvalue weighted by Gasteiger charge is -2.20. The summed E-state index contributed by atoms with van der Waals surface area (Å²) in [4.78, 5) is 26.9. The van der Waals surface area contributed by atoms with Gasteiger partial charge in [0.15, 0.2) is 11.6 Å². The van der Waals surface area contributed by atoms with Crippen LogP contribution in [0, 0.1) is 5.92 Å². The molecule has 0 bridgehead atoms. The van der Waals surface area contributed by atoms with Crippen molar-refractivity contribution in [2.24, 2.45) is 16.1 Å². The van der Waals surface area contributed by atoms with Crippen LogP contribution in [-0.4, -0.2) is 24.0 Å². The summed E-state index contributed by atoms with van der Waals surface area (Å²) in [6.45, 7) is 3.42. The van der Waals surface area contributed by atoms with Crippen LogP contribution < -0.4 is 0 Å². The number of Topliss-reactive ketones (excluding diaryl/α,β-unsaturated/α-hetero) is 2. The van der Waals surface area contributed by atoms with Gasteiger partial charge >= 0.3 is 0 Å². The van der Waals surface area contributed by atoms with E-state index in [2.05, 4.69) is 16.9 Å². The van der Waals surface area contributed by atoms with Gasteiger partial charge in [0.05, 0.1) is 11.6 Å². The van der Waals surface area contributed by atoms with Crippen LogP contribution in [0.2, 0.25) is 0 Å². The topological polar surface area (TPSA) is 58.9 Å². The molecule has 0 N–H and O–H groups in total. The Labute approximate surface area is 163 Å². The van der Waals surface area contributed by atoms with Crippen molar-refractivity contribution in [3.8, 4) is 0 Å². The minimum Gasteiger partial charge on any atom is -0.297 e. The molecule has 4 heteroatoms. The van der Waals surface area contributed by atoms with Gasteiger partial charge in [-0.15, -0.1) is 0 Å². The summed E-state index contributed by atoms with van der Waals surface area (Å²) >= 11 is 0. The molecule has 4 nitrogen and oxygen atoms in total. The molecule has 0 saturated carbocycles. The lowest BCUT2D eigenvalue weighted by molar-refractivity contribution is -0.120. The van der Waals surface area contributed by atoms with Crippen molar-refractivity contribution in [3.05, 3.63) is 107 Å². The zero-order valence-electron chi connectivity index (χ0n) is 15.2. The molecule has 1 atom stereocenters. The van der Waals surface area contributed by atoms with E-state index >= 15 is 0 Å². The number of carbonyl (C=O) groups excluding carboxylic acids is 2. The molecule has 0 aromatic heterocycles. The van der Waals surface area contributed by atoms with Crippen molar-refractivity contribution in [2.75, 3.05) is 0 Å². The van der Waals surface area contributed by atoms with Gasteiger partial charge in [-0.3, -0.25) is 9.59 Å². The highest BCUT2D eigenvalue weighted by atomic mass is 16.2. The van der Waals surface area contributed by atoms with Crippen LogP contribution in [-0.2, 0) is 4.79 Å². The first-order valence-corrected chi connectivity index (χ1v) is 9.03. The first-order chi connectivity index (χ1) is 13.7. The fraction of sp³-hybridized carbons (Fsp3) is 0.0833. The first-order valence-electron chi connectivity index (χ1n) is 9.03. The third kappa shape index (κ3) is 2.99. The number of nitrogens with zero attached hydrogens (tertiary/aromatic N) is 2. The standard InChI is InChI=1S/C24H18N2O2/c1-25-26-22-18-14-8-9-15-19(18)23(27)21(22)24(28)20(16-10-4-2-5-11-16)17-12-6-3-7-13-17/h2-15,20-21H,1H2. The molecule has 0 radical (unpaired) electrons. The van der Waals surface area contributed by atoms with Gasteiger partial charge in [-0.05, 0) is 11.1 Å². The highest BCUT2D eigenvalue weighted by molar-refractivity contribution is 6.38. The van der Waals surface area contributed by atoms with Gasteiger partial charge in [-0.1, -0.05) is 84.9 Å². The predicted octanol–water partition coefficient (Wildman–Crippen LogP) is 4.31. The summed E-state index contributed by atoms with van der Waals surface area (Å²) in [7, 11) is 0. The number of ketones is 2. The van der Waals surface area contributed by atoms with Gasteiger partial charge in [0.25, 0.3) is 0 Å². The van der Waals surface area contributed by atoms with Crippen molar-refractivity contribution in [3.63, 3.8) is 0 Å². The van der Waals surface area contributed by atoms with Crippen LogP contribution in [0.4, 0.5) is 0 Å². The second kappa shape index (κ2) is 7.53. The largest absolute Gasteiger partial charge is 0.297 e. The molecule has 1 unspecified atom stereocenters. The van der Waals surface area contributed by atoms with Crippen LogP contribution in [0.15, 0.2) is 95.1 Å². The number of rotatable bonds is 5. The van der Waals surface area contributed by atoms with Crippen molar-refractivity contribution in [1.82, 2.24) is 0 Å². The number of benzene rings is 3. The smallest absolute Gasteiger partial charge is 0.180 e. The second-order valence-corrected chi connectivity index (χ2v) is 6.63. The molecule has 136 valence electrons. The Morgan fingerprint density at radius 1 is 0.786 bits per heavy atom. The average molecular weight is 366 g/mol. The molecule has 0 saturated heterocycles. The summed E-state index contributed by atoms with van der Waals surface area (Å²) < 4.78 is 0. The third-order valence-corrected chi connectivity index (χ3v) is 5.02. The van der Waals surface area contributed by atoms with Gasteiger partial charge in [-0.2, -0.15) is 10.2 Å². The maximum absolute atomic E-state index is 13.7. The zero-order valence-corrected chi connectivity index (χ0v) is 15.2. The van der Waals surface area contributed by atoms with Crippen LogP contribution >= 0.6 is 0 Å². The zero-order chi connectivity index (χ0) is 19.5. The van der Waals surface area contributed by atoms with Crippen molar-refractivity contribution in [2.45, 2.75) is 5.92 Å². The lowest BCUT2D eigenvalue weighted by Crippen LogP contribution is -2.31. The number of carbonyl (C=O) groups is 2. The molecule has 1 aliphatic rings. The fourth-order valence-electron chi connectivity index (χ4n) is 3.79. The van der Waals surface area contributed by atoms with Crippen molar-refractivity contribution in [1.29, 1.82) is 0 Å². The molecule has 0 fully saturated rings. The van der Waals surface area contributed by atoms with Gasteiger partial charge in [-0.25, -0.2) is 0 Å². The maximum atomic E-state index is 13.7. The molecule has 0 aliphatic heterocycles. The molecule has 3 aromatic carbocycles. The molecular weight excluding hydrogens is 348 g/mol. The SMILES string of the molecule is C=NN=C1c2ccccc2C(=O)C1C(=O)C(c1ccccc1)c1ccccc1. The van der Waals surface area contributed by atoms with Crippen LogP contribution in [0.5, 0.6) is 0 Å². The Hall–Kier alpha value is -3.66. The fourth-order valence-corrected chi connectivity index (χ4v) is 3.79. The Morgan fingerprint density at radius 3 is 1.82 bits per heavy atom. The summed E-state index contributed by atoms with van der Waals surface area (Å²) in [5.74, 6) is -2.00. The maximum Gasteiger partial charge on any atom is 0.180 e. The quantitative estimate of drug-likeness (QED) is 0.384. The monoisotopic (exact) mass is 366 g/mol. The predicted molar refractivity (Wildman–Crippen MR) is 110 cm³/mol. The Balaban J connectivity index is 1.85. The normalized spacial score (nSPS) is 17.0. The van der Waals surface area contributed by atoms with E-state index in [-0.39, 0.29) is 11.6 Å². The molecule has 3 aromatic rings. The minimum absolute atomic E-state index is 0.207. The van der Waals surface area contributed by atoms with E-state index < -0.39 is 11.8 Å². The Bertz CT molecular complexity index is 1030. The molecular formula is C24H18N2O2. The lowest BCUT2D eigenvalue weighted by atomic mass is 9.80.